The molecule has 0 aromatic rings. The number of allylic oxidation sites excluding steroid dienone is 1. The predicted octanol–water partition coefficient (Wildman–Crippen LogP) is 0.821. The molecule has 0 aromatic heterocycles. The Morgan fingerprint density at radius 1 is 1.46 bits per heavy atom. The van der Waals surface area contributed by atoms with Crippen LogP contribution in [0.5, 0.6) is 0 Å². The summed E-state index contributed by atoms with van der Waals surface area (Å²) < 4.78 is 0. The molecule has 3 nitrogen and oxygen atoms in total. The van der Waals surface area contributed by atoms with E-state index >= 15 is 0 Å². The summed E-state index contributed by atoms with van der Waals surface area (Å²) >= 11 is 0. The first-order valence-electron chi connectivity index (χ1n) is 4.82. The van der Waals surface area contributed by atoms with Crippen LogP contribution in [0, 0.1) is 0 Å². The molecule has 74 valence electrons. The van der Waals surface area contributed by atoms with E-state index < -0.39 is 0 Å². The number of rotatable bonds is 5. The highest BCUT2D eigenvalue weighted by Gasteiger charge is 2.22. The van der Waals surface area contributed by atoms with Crippen LogP contribution in [0.3, 0.4) is 0 Å². The monoisotopic (exact) mass is 182 g/mol. The molecule has 0 bridgehead atoms. The molecule has 3 heteroatoms. The normalized spacial score (nSPS) is 15.2. The van der Waals surface area contributed by atoms with Gasteiger partial charge in [0.05, 0.1) is 6.54 Å². The van der Waals surface area contributed by atoms with E-state index in [2.05, 4.69) is 16.7 Å². The maximum atomic E-state index is 11.1. The van der Waals surface area contributed by atoms with Gasteiger partial charge in [-0.25, -0.2) is 0 Å². The fraction of sp³-hybridized carbons (Fsp3) is 0.700. The third kappa shape index (κ3) is 5.42. The molecule has 1 rings (SSSR count). The van der Waals surface area contributed by atoms with Gasteiger partial charge in [0.25, 0.3) is 0 Å². The Bertz CT molecular complexity index is 203. The number of carbonyl (C=O) groups excluding carboxylic acids is 1. The van der Waals surface area contributed by atoms with Crippen LogP contribution < -0.4 is 10.6 Å². The lowest BCUT2D eigenvalue weighted by atomic mass is 10.3. The first kappa shape index (κ1) is 10.3. The largest absolute Gasteiger partial charge is 0.352 e. The van der Waals surface area contributed by atoms with Gasteiger partial charge in [-0.05, 0) is 26.7 Å². The van der Waals surface area contributed by atoms with Gasteiger partial charge in [-0.3, -0.25) is 4.79 Å². The quantitative estimate of drug-likeness (QED) is 0.488. The van der Waals surface area contributed by atoms with Gasteiger partial charge in [-0.2, -0.15) is 0 Å². The number of hydrogen-bond acceptors (Lipinski definition) is 2. The molecule has 1 aliphatic rings. The summed E-state index contributed by atoms with van der Waals surface area (Å²) in [4.78, 5) is 11.1. The molecule has 0 unspecified atom stereocenters. The summed E-state index contributed by atoms with van der Waals surface area (Å²) in [5.74, 6) is 0.115. The third-order valence-corrected chi connectivity index (χ3v) is 1.88. The molecule has 1 aliphatic carbocycles. The van der Waals surface area contributed by atoms with Gasteiger partial charge >= 0.3 is 0 Å². The highest BCUT2D eigenvalue weighted by molar-refractivity contribution is 5.78. The van der Waals surface area contributed by atoms with Gasteiger partial charge in [-0.15, -0.1) is 0 Å². The van der Waals surface area contributed by atoms with E-state index in [0.29, 0.717) is 12.6 Å². The zero-order valence-corrected chi connectivity index (χ0v) is 8.39. The molecule has 0 aromatic carbocycles. The van der Waals surface area contributed by atoms with Crippen molar-refractivity contribution in [3.63, 3.8) is 0 Å². The minimum atomic E-state index is 0.115. The van der Waals surface area contributed by atoms with Crippen molar-refractivity contribution in [2.45, 2.75) is 32.7 Å². The number of carbonyl (C=O) groups is 1. The van der Waals surface area contributed by atoms with E-state index in [4.69, 9.17) is 0 Å². The SMILES string of the molecule is CC(C)=CCNCC(=O)NC1CC1. The van der Waals surface area contributed by atoms with Gasteiger partial charge in [0.15, 0.2) is 0 Å². The average molecular weight is 182 g/mol. The Morgan fingerprint density at radius 3 is 2.69 bits per heavy atom. The molecule has 2 N–H and O–H groups in total. The van der Waals surface area contributed by atoms with E-state index in [1.807, 2.05) is 13.8 Å². The lowest BCUT2D eigenvalue weighted by Crippen LogP contribution is -2.35. The lowest BCUT2D eigenvalue weighted by Gasteiger charge is -2.03. The Hall–Kier alpha value is -0.830. The zero-order chi connectivity index (χ0) is 9.68. The van der Waals surface area contributed by atoms with Crippen molar-refractivity contribution in [2.75, 3.05) is 13.1 Å². The summed E-state index contributed by atoms with van der Waals surface area (Å²) in [5, 5.41) is 5.98. The fourth-order valence-electron chi connectivity index (χ4n) is 0.968. The highest BCUT2D eigenvalue weighted by atomic mass is 16.2. The Balaban J connectivity index is 1.97. The van der Waals surface area contributed by atoms with Crippen LogP contribution in [0.2, 0.25) is 0 Å². The van der Waals surface area contributed by atoms with Gasteiger partial charge in [-0.1, -0.05) is 11.6 Å². The van der Waals surface area contributed by atoms with Crippen molar-refractivity contribution in [1.29, 1.82) is 0 Å². The van der Waals surface area contributed by atoms with Crippen LogP contribution in [0.15, 0.2) is 11.6 Å². The molecule has 1 saturated carbocycles. The first-order chi connectivity index (χ1) is 6.18. The molecule has 0 aliphatic heterocycles. The molecule has 0 spiro atoms. The van der Waals surface area contributed by atoms with Crippen LogP contribution >= 0.6 is 0 Å². The zero-order valence-electron chi connectivity index (χ0n) is 8.39. The van der Waals surface area contributed by atoms with E-state index in [9.17, 15) is 4.79 Å². The first-order valence-corrected chi connectivity index (χ1v) is 4.82. The maximum Gasteiger partial charge on any atom is 0.234 e. The summed E-state index contributed by atoms with van der Waals surface area (Å²) in [5.41, 5.74) is 1.27. The summed E-state index contributed by atoms with van der Waals surface area (Å²) in [6.45, 7) is 5.30. The maximum absolute atomic E-state index is 11.1. The number of hydrogen-bond donors (Lipinski definition) is 2. The lowest BCUT2D eigenvalue weighted by molar-refractivity contribution is -0.120. The standard InChI is InChI=1S/C10H18N2O/c1-8(2)5-6-11-7-10(13)12-9-3-4-9/h5,9,11H,3-4,6-7H2,1-2H3,(H,12,13). The average Bonchev–Trinajstić information content (AvgIpc) is 2.81. The van der Waals surface area contributed by atoms with Crippen LogP contribution in [-0.2, 0) is 4.79 Å². The Morgan fingerprint density at radius 2 is 2.15 bits per heavy atom. The van der Waals surface area contributed by atoms with Crippen molar-refractivity contribution in [3.8, 4) is 0 Å². The molecular weight excluding hydrogens is 164 g/mol. The molecular formula is C10H18N2O. The van der Waals surface area contributed by atoms with Crippen molar-refractivity contribution in [3.05, 3.63) is 11.6 Å². The van der Waals surface area contributed by atoms with E-state index in [0.717, 1.165) is 19.4 Å². The minimum absolute atomic E-state index is 0.115. The van der Waals surface area contributed by atoms with E-state index in [-0.39, 0.29) is 5.91 Å². The Labute approximate surface area is 79.6 Å². The van der Waals surface area contributed by atoms with Crippen molar-refractivity contribution < 1.29 is 4.79 Å². The van der Waals surface area contributed by atoms with Gasteiger partial charge in [0, 0.05) is 12.6 Å². The fourth-order valence-corrected chi connectivity index (χ4v) is 0.968. The second kappa shape index (κ2) is 5.02. The van der Waals surface area contributed by atoms with E-state index in [1.54, 1.807) is 0 Å². The summed E-state index contributed by atoms with van der Waals surface area (Å²) in [6, 6.07) is 0.470. The van der Waals surface area contributed by atoms with Gasteiger partial charge in [0.1, 0.15) is 0 Å². The minimum Gasteiger partial charge on any atom is -0.352 e. The smallest absolute Gasteiger partial charge is 0.234 e. The molecule has 0 atom stereocenters. The predicted molar refractivity (Wildman–Crippen MR) is 53.5 cm³/mol. The summed E-state index contributed by atoms with van der Waals surface area (Å²) in [7, 11) is 0. The molecule has 13 heavy (non-hydrogen) atoms. The highest BCUT2D eigenvalue weighted by Crippen LogP contribution is 2.17. The Kier molecular flexibility index (Phi) is 3.96. The molecule has 0 heterocycles. The summed E-state index contributed by atoms with van der Waals surface area (Å²) in [6.07, 6.45) is 4.38. The molecule has 1 fully saturated rings. The van der Waals surface area contributed by atoms with E-state index in [1.165, 1.54) is 5.57 Å². The molecule has 1 amide bonds. The van der Waals surface area contributed by atoms with Crippen LogP contribution in [0.25, 0.3) is 0 Å². The van der Waals surface area contributed by atoms with Crippen LogP contribution in [0.1, 0.15) is 26.7 Å². The van der Waals surface area contributed by atoms with Crippen molar-refractivity contribution >= 4 is 5.91 Å². The second-order valence-corrected chi connectivity index (χ2v) is 3.75. The second-order valence-electron chi connectivity index (χ2n) is 3.75. The van der Waals surface area contributed by atoms with Gasteiger partial charge in [0.2, 0.25) is 5.91 Å². The number of amides is 1. The van der Waals surface area contributed by atoms with Crippen molar-refractivity contribution in [2.24, 2.45) is 0 Å². The van der Waals surface area contributed by atoms with Gasteiger partial charge < -0.3 is 10.6 Å². The molecule has 0 saturated heterocycles. The topological polar surface area (TPSA) is 41.1 Å². The van der Waals surface area contributed by atoms with Crippen molar-refractivity contribution in [1.82, 2.24) is 10.6 Å². The van der Waals surface area contributed by atoms with Crippen LogP contribution in [0.4, 0.5) is 0 Å². The number of nitrogens with one attached hydrogen (secondary N) is 2. The van der Waals surface area contributed by atoms with Crippen LogP contribution in [-0.4, -0.2) is 25.0 Å². The molecule has 0 radical (unpaired) electrons. The third-order valence-electron chi connectivity index (χ3n) is 1.88.